The van der Waals surface area contributed by atoms with Gasteiger partial charge in [0.1, 0.15) is 0 Å². The Balaban J connectivity index is 1.97. The molecule has 3 heteroatoms. The maximum atomic E-state index is 12.7. The third kappa shape index (κ3) is 2.96. The summed E-state index contributed by atoms with van der Waals surface area (Å²) in [6.07, 6.45) is 9.69. The maximum absolute atomic E-state index is 12.7. The highest BCUT2D eigenvalue weighted by molar-refractivity contribution is 5.89. The average molecular weight is 266 g/mol. The van der Waals surface area contributed by atoms with Crippen molar-refractivity contribution in [2.75, 3.05) is 6.54 Å². The van der Waals surface area contributed by atoms with E-state index < -0.39 is 0 Å². The Morgan fingerprint density at radius 3 is 2.63 bits per heavy atom. The Bertz CT molecular complexity index is 310. The molecule has 1 saturated heterocycles. The summed E-state index contributed by atoms with van der Waals surface area (Å²) in [7, 11) is 0. The molecule has 1 amide bonds. The van der Waals surface area contributed by atoms with Gasteiger partial charge in [-0.05, 0) is 32.1 Å². The summed E-state index contributed by atoms with van der Waals surface area (Å²) in [6.45, 7) is 7.60. The summed E-state index contributed by atoms with van der Waals surface area (Å²) in [6, 6.07) is 0. The Hall–Kier alpha value is -0.570. The highest BCUT2D eigenvalue weighted by Gasteiger charge is 2.50. The third-order valence-corrected chi connectivity index (χ3v) is 5.08. The van der Waals surface area contributed by atoms with Crippen molar-refractivity contribution >= 4 is 5.91 Å². The van der Waals surface area contributed by atoms with Crippen molar-refractivity contribution in [3.63, 3.8) is 0 Å². The molecule has 0 aromatic carbocycles. The molecule has 2 aliphatic rings. The van der Waals surface area contributed by atoms with Gasteiger partial charge in [-0.1, -0.05) is 46.0 Å². The number of hydrogen-bond acceptors (Lipinski definition) is 2. The van der Waals surface area contributed by atoms with E-state index in [2.05, 4.69) is 31.0 Å². The van der Waals surface area contributed by atoms with E-state index in [1.807, 2.05) is 0 Å². The molecule has 0 bridgehead atoms. The molecule has 1 aliphatic carbocycles. The average Bonchev–Trinajstić information content (AvgIpc) is 2.95. The quantitative estimate of drug-likeness (QED) is 0.800. The van der Waals surface area contributed by atoms with Gasteiger partial charge >= 0.3 is 0 Å². The first-order valence-corrected chi connectivity index (χ1v) is 8.21. The summed E-state index contributed by atoms with van der Waals surface area (Å²) >= 11 is 0. The first kappa shape index (κ1) is 14.8. The first-order chi connectivity index (χ1) is 9.13. The van der Waals surface area contributed by atoms with E-state index in [-0.39, 0.29) is 11.7 Å². The molecule has 3 nitrogen and oxygen atoms in total. The third-order valence-electron chi connectivity index (χ3n) is 5.08. The molecule has 1 saturated carbocycles. The Labute approximate surface area is 118 Å². The molecular weight excluding hydrogens is 236 g/mol. The lowest BCUT2D eigenvalue weighted by atomic mass is 9.96. The topological polar surface area (TPSA) is 32.3 Å². The highest BCUT2D eigenvalue weighted by atomic mass is 16.2. The van der Waals surface area contributed by atoms with E-state index >= 15 is 0 Å². The summed E-state index contributed by atoms with van der Waals surface area (Å²) in [5.74, 6) is 1.05. The number of carbonyl (C=O) groups is 1. The molecule has 1 aliphatic heterocycles. The fourth-order valence-electron chi connectivity index (χ4n) is 3.76. The van der Waals surface area contributed by atoms with Crippen LogP contribution >= 0.6 is 0 Å². The lowest BCUT2D eigenvalue weighted by molar-refractivity contribution is -0.133. The SMILES string of the molecule is CCCCC(CC)CN1C(=O)C2(CCCC2)NC1C. The van der Waals surface area contributed by atoms with Crippen LogP contribution in [0.2, 0.25) is 0 Å². The van der Waals surface area contributed by atoms with E-state index in [1.165, 1.54) is 38.5 Å². The van der Waals surface area contributed by atoms with Gasteiger partial charge in [0.2, 0.25) is 5.91 Å². The summed E-state index contributed by atoms with van der Waals surface area (Å²) in [5, 5.41) is 3.59. The number of rotatable bonds is 6. The van der Waals surface area contributed by atoms with Crippen LogP contribution in [0.5, 0.6) is 0 Å². The molecule has 0 radical (unpaired) electrons. The zero-order chi connectivity index (χ0) is 13.9. The number of carbonyl (C=O) groups excluding carboxylic acids is 1. The maximum Gasteiger partial charge on any atom is 0.244 e. The summed E-state index contributed by atoms with van der Waals surface area (Å²) in [5.41, 5.74) is -0.192. The van der Waals surface area contributed by atoms with E-state index in [0.717, 1.165) is 19.4 Å². The Morgan fingerprint density at radius 1 is 1.37 bits per heavy atom. The van der Waals surface area contributed by atoms with E-state index in [9.17, 15) is 4.79 Å². The molecule has 0 aromatic heterocycles. The van der Waals surface area contributed by atoms with Crippen LogP contribution in [-0.2, 0) is 4.79 Å². The standard InChI is InChI=1S/C16H30N2O/c1-4-6-9-14(5-2)12-18-13(3)17-16(15(18)19)10-7-8-11-16/h13-14,17H,4-12H2,1-3H3. The van der Waals surface area contributed by atoms with Crippen LogP contribution in [-0.4, -0.2) is 29.1 Å². The molecular formula is C16H30N2O. The molecule has 2 atom stereocenters. The van der Waals surface area contributed by atoms with Crippen LogP contribution < -0.4 is 5.32 Å². The van der Waals surface area contributed by atoms with Gasteiger partial charge < -0.3 is 4.90 Å². The van der Waals surface area contributed by atoms with Crippen LogP contribution in [0.4, 0.5) is 0 Å². The van der Waals surface area contributed by atoms with Gasteiger partial charge in [-0.15, -0.1) is 0 Å². The second-order valence-corrected chi connectivity index (χ2v) is 6.48. The van der Waals surface area contributed by atoms with Crippen molar-refractivity contribution in [1.82, 2.24) is 10.2 Å². The van der Waals surface area contributed by atoms with Gasteiger partial charge in [-0.3, -0.25) is 10.1 Å². The van der Waals surface area contributed by atoms with Crippen LogP contribution in [0, 0.1) is 5.92 Å². The predicted octanol–water partition coefficient (Wildman–Crippen LogP) is 3.29. The van der Waals surface area contributed by atoms with Crippen molar-refractivity contribution < 1.29 is 4.79 Å². The minimum Gasteiger partial charge on any atom is -0.326 e. The largest absolute Gasteiger partial charge is 0.326 e. The molecule has 19 heavy (non-hydrogen) atoms. The van der Waals surface area contributed by atoms with Crippen LogP contribution in [0.1, 0.15) is 72.1 Å². The summed E-state index contributed by atoms with van der Waals surface area (Å²) < 4.78 is 0. The van der Waals surface area contributed by atoms with Crippen LogP contribution in [0.3, 0.4) is 0 Å². The molecule has 2 rings (SSSR count). The molecule has 2 unspecified atom stereocenters. The molecule has 1 N–H and O–H groups in total. The van der Waals surface area contributed by atoms with Gasteiger partial charge in [0, 0.05) is 6.54 Å². The lowest BCUT2D eigenvalue weighted by Gasteiger charge is -2.26. The van der Waals surface area contributed by atoms with Crippen LogP contribution in [0.25, 0.3) is 0 Å². The van der Waals surface area contributed by atoms with Gasteiger partial charge in [0.15, 0.2) is 0 Å². The van der Waals surface area contributed by atoms with Gasteiger partial charge in [-0.25, -0.2) is 0 Å². The van der Waals surface area contributed by atoms with Crippen molar-refractivity contribution in [3.8, 4) is 0 Å². The number of nitrogens with one attached hydrogen (secondary N) is 1. The van der Waals surface area contributed by atoms with Gasteiger partial charge in [0.25, 0.3) is 0 Å². The second-order valence-electron chi connectivity index (χ2n) is 6.48. The Kier molecular flexibility index (Phi) is 4.88. The molecule has 0 aromatic rings. The van der Waals surface area contributed by atoms with Crippen molar-refractivity contribution in [3.05, 3.63) is 0 Å². The first-order valence-electron chi connectivity index (χ1n) is 8.21. The molecule has 2 fully saturated rings. The number of nitrogens with zero attached hydrogens (tertiary/aromatic N) is 1. The zero-order valence-corrected chi connectivity index (χ0v) is 12.9. The molecule has 1 spiro atoms. The summed E-state index contributed by atoms with van der Waals surface area (Å²) in [4.78, 5) is 14.8. The lowest BCUT2D eigenvalue weighted by Crippen LogP contribution is -2.44. The van der Waals surface area contributed by atoms with Gasteiger partial charge in [0.05, 0.1) is 11.7 Å². The van der Waals surface area contributed by atoms with E-state index in [1.54, 1.807) is 0 Å². The predicted molar refractivity (Wildman–Crippen MR) is 78.8 cm³/mol. The smallest absolute Gasteiger partial charge is 0.244 e. The normalized spacial score (nSPS) is 27.4. The minimum atomic E-state index is -0.192. The van der Waals surface area contributed by atoms with Gasteiger partial charge in [-0.2, -0.15) is 0 Å². The number of amides is 1. The second kappa shape index (κ2) is 6.25. The molecule has 110 valence electrons. The van der Waals surface area contributed by atoms with E-state index in [4.69, 9.17) is 0 Å². The fraction of sp³-hybridized carbons (Fsp3) is 0.938. The van der Waals surface area contributed by atoms with Crippen molar-refractivity contribution in [1.29, 1.82) is 0 Å². The van der Waals surface area contributed by atoms with Crippen molar-refractivity contribution in [2.24, 2.45) is 5.92 Å². The fourth-order valence-corrected chi connectivity index (χ4v) is 3.76. The highest BCUT2D eigenvalue weighted by Crippen LogP contribution is 2.36. The van der Waals surface area contributed by atoms with E-state index in [0.29, 0.717) is 11.8 Å². The number of unbranched alkanes of at least 4 members (excludes halogenated alkanes) is 1. The van der Waals surface area contributed by atoms with Crippen molar-refractivity contribution in [2.45, 2.75) is 83.8 Å². The number of hydrogen-bond donors (Lipinski definition) is 1. The Morgan fingerprint density at radius 2 is 2.05 bits per heavy atom. The zero-order valence-electron chi connectivity index (χ0n) is 12.9. The van der Waals surface area contributed by atoms with Crippen LogP contribution in [0.15, 0.2) is 0 Å². The minimum absolute atomic E-state index is 0.192. The molecule has 1 heterocycles. The monoisotopic (exact) mass is 266 g/mol.